The number of nitrogens with two attached hydrogens (primary N) is 1. The van der Waals surface area contributed by atoms with Crippen molar-refractivity contribution in [2.45, 2.75) is 19.4 Å². The lowest BCUT2D eigenvalue weighted by Crippen LogP contribution is -2.87. The first kappa shape index (κ1) is 21.4. The summed E-state index contributed by atoms with van der Waals surface area (Å²) >= 11 is 0. The van der Waals surface area contributed by atoms with Gasteiger partial charge in [-0.3, -0.25) is 4.79 Å². The van der Waals surface area contributed by atoms with Gasteiger partial charge in [-0.15, -0.1) is 0 Å². The fourth-order valence-electron chi connectivity index (χ4n) is 3.50. The highest BCUT2D eigenvalue weighted by atomic mass is 16.5. The summed E-state index contributed by atoms with van der Waals surface area (Å²) in [7, 11) is 3.28. The van der Waals surface area contributed by atoms with Crippen molar-refractivity contribution in [3.63, 3.8) is 0 Å². The predicted octanol–water partition coefficient (Wildman–Crippen LogP) is 3.50. The van der Waals surface area contributed by atoms with Crippen molar-refractivity contribution < 1.29 is 19.6 Å². The molecule has 0 bridgehead atoms. The van der Waals surface area contributed by atoms with E-state index < -0.39 is 0 Å². The van der Waals surface area contributed by atoms with Gasteiger partial charge in [0.05, 0.1) is 26.5 Å². The number of aryl methyl sites for hydroxylation is 1. The first-order valence-electron chi connectivity index (χ1n) is 10.1. The lowest BCUT2D eigenvalue weighted by atomic mass is 10.0. The Hall–Kier alpha value is -3.31. The third-order valence-electron chi connectivity index (χ3n) is 5.06. The molecule has 3 aromatic carbocycles. The first-order chi connectivity index (χ1) is 14.6. The number of nitrogens with one attached hydrogen (secondary N) is 1. The number of hydrogen-bond acceptors (Lipinski definition) is 3. The van der Waals surface area contributed by atoms with Crippen molar-refractivity contribution in [3.8, 4) is 11.5 Å². The largest absolute Gasteiger partial charge is 0.496 e. The molecule has 3 N–H and O–H groups in total. The van der Waals surface area contributed by atoms with Crippen LogP contribution in [-0.4, -0.2) is 26.7 Å². The van der Waals surface area contributed by atoms with Crippen LogP contribution in [0.5, 0.6) is 11.5 Å². The molecule has 0 fully saturated rings. The second-order valence-electron chi connectivity index (χ2n) is 7.17. The molecule has 3 rings (SSSR count). The van der Waals surface area contributed by atoms with Gasteiger partial charge >= 0.3 is 0 Å². The molecule has 0 saturated carbocycles. The zero-order valence-electron chi connectivity index (χ0n) is 17.7. The average Bonchev–Trinajstić information content (AvgIpc) is 2.77. The van der Waals surface area contributed by atoms with E-state index >= 15 is 0 Å². The molecule has 0 aliphatic carbocycles. The van der Waals surface area contributed by atoms with Gasteiger partial charge in [0.1, 0.15) is 11.5 Å². The quantitative estimate of drug-likeness (QED) is 0.573. The van der Waals surface area contributed by atoms with Crippen LogP contribution in [0.1, 0.15) is 22.7 Å². The van der Waals surface area contributed by atoms with Crippen molar-refractivity contribution in [3.05, 3.63) is 89.5 Å². The number of benzene rings is 3. The number of ether oxygens (including phenoxy) is 2. The molecule has 0 spiro atoms. The number of hydrogen-bond donors (Lipinski definition) is 2. The molecule has 0 aliphatic heterocycles. The monoisotopic (exact) mass is 405 g/mol. The van der Waals surface area contributed by atoms with Gasteiger partial charge in [-0.2, -0.15) is 0 Å². The molecule has 0 aliphatic rings. The van der Waals surface area contributed by atoms with Crippen LogP contribution in [0.25, 0.3) is 0 Å². The Morgan fingerprint density at radius 3 is 2.37 bits per heavy atom. The number of amides is 1. The van der Waals surface area contributed by atoms with Crippen molar-refractivity contribution >= 4 is 11.6 Å². The number of anilines is 1. The van der Waals surface area contributed by atoms with E-state index in [9.17, 15) is 4.79 Å². The highest BCUT2D eigenvalue weighted by molar-refractivity contribution is 5.95. The zero-order valence-corrected chi connectivity index (χ0v) is 17.7. The lowest BCUT2D eigenvalue weighted by molar-refractivity contribution is -0.682. The van der Waals surface area contributed by atoms with E-state index in [0.29, 0.717) is 11.4 Å². The Morgan fingerprint density at radius 1 is 0.933 bits per heavy atom. The van der Waals surface area contributed by atoms with Crippen LogP contribution in [-0.2, 0) is 11.2 Å². The van der Waals surface area contributed by atoms with E-state index in [-0.39, 0.29) is 11.9 Å². The van der Waals surface area contributed by atoms with E-state index in [0.717, 1.165) is 35.4 Å². The third-order valence-corrected chi connectivity index (χ3v) is 5.06. The molecular formula is C25H29N2O3+. The SMILES string of the molecule is COc1ccccc1CC[NH2+][C@H](C(=O)Nc1cc(C)ccc1OC)c1ccccc1. The number of methoxy groups -OCH3 is 2. The Balaban J connectivity index is 1.76. The van der Waals surface area contributed by atoms with Crippen LogP contribution in [0, 0.1) is 6.92 Å². The molecule has 30 heavy (non-hydrogen) atoms. The summed E-state index contributed by atoms with van der Waals surface area (Å²) in [6.07, 6.45) is 0.800. The molecule has 1 amide bonds. The molecule has 0 unspecified atom stereocenters. The summed E-state index contributed by atoms with van der Waals surface area (Å²) in [6.45, 7) is 2.74. The number of carbonyl (C=O) groups excluding carboxylic acids is 1. The van der Waals surface area contributed by atoms with Crippen LogP contribution in [0.2, 0.25) is 0 Å². The maximum absolute atomic E-state index is 13.2. The van der Waals surface area contributed by atoms with E-state index in [1.165, 1.54) is 0 Å². The highest BCUT2D eigenvalue weighted by Crippen LogP contribution is 2.26. The molecule has 0 aromatic heterocycles. The van der Waals surface area contributed by atoms with Gasteiger partial charge in [-0.05, 0) is 36.2 Å². The van der Waals surface area contributed by atoms with Gasteiger partial charge < -0.3 is 20.1 Å². The minimum atomic E-state index is -0.369. The van der Waals surface area contributed by atoms with Crippen molar-refractivity contribution in [2.24, 2.45) is 0 Å². The van der Waals surface area contributed by atoms with Crippen molar-refractivity contribution in [2.75, 3.05) is 26.1 Å². The summed E-state index contributed by atoms with van der Waals surface area (Å²) < 4.78 is 10.9. The molecule has 1 atom stereocenters. The smallest absolute Gasteiger partial charge is 0.287 e. The fraction of sp³-hybridized carbons (Fsp3) is 0.240. The van der Waals surface area contributed by atoms with E-state index in [2.05, 4.69) is 16.7 Å². The summed E-state index contributed by atoms with van der Waals surface area (Å²) in [6, 6.07) is 23.2. The Labute approximate surface area is 178 Å². The normalized spacial score (nSPS) is 11.6. The average molecular weight is 406 g/mol. The van der Waals surface area contributed by atoms with Gasteiger partial charge in [-0.25, -0.2) is 0 Å². The summed E-state index contributed by atoms with van der Waals surface area (Å²) in [5, 5.41) is 5.12. The second-order valence-corrected chi connectivity index (χ2v) is 7.17. The standard InChI is InChI=1S/C25H28N2O3/c1-18-13-14-23(30-3)21(17-18)27-25(28)24(20-10-5-4-6-11-20)26-16-15-19-9-7-8-12-22(19)29-2/h4-14,17,24,26H,15-16H2,1-3H3,(H,27,28)/p+1/t24-/m0/s1. The number of rotatable bonds is 9. The topological polar surface area (TPSA) is 64.2 Å². The molecule has 0 radical (unpaired) electrons. The Morgan fingerprint density at radius 2 is 1.63 bits per heavy atom. The highest BCUT2D eigenvalue weighted by Gasteiger charge is 2.25. The summed E-state index contributed by atoms with van der Waals surface area (Å²) in [5.41, 5.74) is 3.83. The zero-order chi connectivity index (χ0) is 21.3. The van der Waals surface area contributed by atoms with E-state index in [1.807, 2.05) is 73.7 Å². The summed E-state index contributed by atoms with van der Waals surface area (Å²) in [4.78, 5) is 13.2. The summed E-state index contributed by atoms with van der Waals surface area (Å²) in [5.74, 6) is 1.44. The molecule has 3 aromatic rings. The van der Waals surface area contributed by atoms with Crippen LogP contribution in [0.4, 0.5) is 5.69 Å². The van der Waals surface area contributed by atoms with Crippen LogP contribution < -0.4 is 20.1 Å². The van der Waals surface area contributed by atoms with Gasteiger partial charge in [0.15, 0.2) is 6.04 Å². The van der Waals surface area contributed by atoms with Crippen molar-refractivity contribution in [1.82, 2.24) is 0 Å². The Bertz CT molecular complexity index is 973. The molecule has 5 heteroatoms. The predicted molar refractivity (Wildman–Crippen MR) is 119 cm³/mol. The second kappa shape index (κ2) is 10.5. The van der Waals surface area contributed by atoms with Crippen LogP contribution in [0.3, 0.4) is 0 Å². The molecule has 0 heterocycles. The maximum Gasteiger partial charge on any atom is 0.287 e. The number of quaternary nitrogens is 1. The van der Waals surface area contributed by atoms with Crippen LogP contribution >= 0.6 is 0 Å². The van der Waals surface area contributed by atoms with Gasteiger partial charge in [-0.1, -0.05) is 54.6 Å². The molecule has 5 nitrogen and oxygen atoms in total. The Kier molecular flexibility index (Phi) is 7.46. The molecule has 156 valence electrons. The number of carbonyl (C=O) groups is 1. The minimum Gasteiger partial charge on any atom is -0.496 e. The number of para-hydroxylation sites is 1. The van der Waals surface area contributed by atoms with Crippen LogP contribution in [0.15, 0.2) is 72.8 Å². The van der Waals surface area contributed by atoms with E-state index in [1.54, 1.807) is 14.2 Å². The molecule has 0 saturated heterocycles. The van der Waals surface area contributed by atoms with Gasteiger partial charge in [0, 0.05) is 12.0 Å². The van der Waals surface area contributed by atoms with E-state index in [4.69, 9.17) is 9.47 Å². The lowest BCUT2D eigenvalue weighted by Gasteiger charge is -2.18. The molecular weight excluding hydrogens is 376 g/mol. The third kappa shape index (κ3) is 5.39. The van der Waals surface area contributed by atoms with Gasteiger partial charge in [0.2, 0.25) is 0 Å². The fourth-order valence-corrected chi connectivity index (χ4v) is 3.50. The minimum absolute atomic E-state index is 0.0786. The first-order valence-corrected chi connectivity index (χ1v) is 10.1. The van der Waals surface area contributed by atoms with Crippen molar-refractivity contribution in [1.29, 1.82) is 0 Å². The maximum atomic E-state index is 13.2. The van der Waals surface area contributed by atoms with Gasteiger partial charge in [0.25, 0.3) is 5.91 Å².